The predicted octanol–water partition coefficient (Wildman–Crippen LogP) is 1.58. The molecule has 0 saturated carbocycles. The average Bonchev–Trinajstić information content (AvgIpc) is 3.36. The fourth-order valence-electron chi connectivity index (χ4n) is 5.11. The number of nitrogens with two attached hydrogens (primary N) is 1. The Balaban J connectivity index is 0.000000194. The summed E-state index contributed by atoms with van der Waals surface area (Å²) in [7, 11) is -4.40. The first-order chi connectivity index (χ1) is 19.8. The number of nitrogens with one attached hydrogen (secondary N) is 1. The molecule has 0 aromatic heterocycles. The zero-order valence-corrected chi connectivity index (χ0v) is 23.6. The number of nitrogen functional groups attached to an aromatic ring is 1. The van der Waals surface area contributed by atoms with Gasteiger partial charge in [-0.1, -0.05) is 23.8 Å². The number of nitrogens with zero attached hydrogens (tertiary/aromatic N) is 2. The molecular formula is C28H32N4O9S. The normalized spacial score (nSPS) is 22.3. The standard InChI is InChI=1S/C15H15NO4.C13H17N3O5S/c1-9-6-10(13(17)18)8-15(7-9,14(19)20)11-2-4-12(16)5-3-11;17-12-9-16(13(14-12)22(18,19)20)11-3-1-10(2-4-11)15-5-7-21-8-6-15/h2-7H,8,16H2,1H3,(H,17,18)(H,19,20);1-4,13H,5-9H2,(H,14,17)(H,18,19,20). The van der Waals surface area contributed by atoms with Crippen LogP contribution in [0, 0.1) is 0 Å². The fraction of sp³-hybridized carbons (Fsp3) is 0.321. The van der Waals surface area contributed by atoms with Gasteiger partial charge < -0.3 is 35.8 Å². The maximum absolute atomic E-state index is 11.8. The molecule has 6 N–H and O–H groups in total. The number of carboxylic acids is 2. The van der Waals surface area contributed by atoms with Gasteiger partial charge in [-0.05, 0) is 55.0 Å². The van der Waals surface area contributed by atoms with Crippen LogP contribution >= 0.6 is 0 Å². The van der Waals surface area contributed by atoms with E-state index < -0.39 is 38.9 Å². The molecule has 0 bridgehead atoms. The van der Waals surface area contributed by atoms with E-state index in [1.165, 1.54) is 11.0 Å². The number of carbonyl (C=O) groups is 3. The molecule has 2 atom stereocenters. The Morgan fingerprint density at radius 1 is 1.02 bits per heavy atom. The van der Waals surface area contributed by atoms with E-state index in [1.807, 2.05) is 12.1 Å². The van der Waals surface area contributed by atoms with Gasteiger partial charge in [0, 0.05) is 42.1 Å². The molecule has 0 radical (unpaired) electrons. The molecule has 0 spiro atoms. The summed E-state index contributed by atoms with van der Waals surface area (Å²) in [6.07, 6.45) is 3.01. The van der Waals surface area contributed by atoms with Crippen LogP contribution in [0.15, 0.2) is 71.8 Å². The lowest BCUT2D eigenvalue weighted by molar-refractivity contribution is -0.142. The molecule has 2 aromatic carbocycles. The van der Waals surface area contributed by atoms with Gasteiger partial charge in [-0.25, -0.2) is 4.79 Å². The number of amides is 1. The molecule has 42 heavy (non-hydrogen) atoms. The van der Waals surface area contributed by atoms with Crippen molar-refractivity contribution in [3.8, 4) is 0 Å². The fourth-order valence-corrected chi connectivity index (χ4v) is 5.91. The largest absolute Gasteiger partial charge is 0.480 e. The van der Waals surface area contributed by atoms with Gasteiger partial charge in [0.1, 0.15) is 5.41 Å². The maximum Gasteiger partial charge on any atom is 0.331 e. The minimum atomic E-state index is -4.40. The van der Waals surface area contributed by atoms with Gasteiger partial charge in [-0.15, -0.1) is 0 Å². The number of carboxylic acid groups (broad SMARTS) is 2. The van der Waals surface area contributed by atoms with Crippen molar-refractivity contribution in [2.45, 2.75) is 24.3 Å². The summed E-state index contributed by atoms with van der Waals surface area (Å²) in [4.78, 5) is 37.9. The predicted molar refractivity (Wildman–Crippen MR) is 155 cm³/mol. The van der Waals surface area contributed by atoms with E-state index in [-0.39, 0.29) is 18.5 Å². The van der Waals surface area contributed by atoms with Crippen LogP contribution in [0.5, 0.6) is 0 Å². The summed E-state index contributed by atoms with van der Waals surface area (Å²) in [5, 5.41) is 21.0. The Labute approximate surface area is 242 Å². The third-order valence-corrected chi connectivity index (χ3v) is 8.09. The molecule has 13 nitrogen and oxygen atoms in total. The molecule has 2 fully saturated rings. The zero-order chi connectivity index (χ0) is 30.7. The van der Waals surface area contributed by atoms with E-state index in [1.54, 1.807) is 49.4 Å². The lowest BCUT2D eigenvalue weighted by Gasteiger charge is -2.30. The lowest BCUT2D eigenvalue weighted by Crippen LogP contribution is -2.42. The second-order valence-electron chi connectivity index (χ2n) is 10.1. The summed E-state index contributed by atoms with van der Waals surface area (Å²) in [6, 6.07) is 13.7. The van der Waals surface area contributed by atoms with Crippen molar-refractivity contribution in [2.24, 2.45) is 0 Å². The first-order valence-electron chi connectivity index (χ1n) is 13.0. The van der Waals surface area contributed by atoms with E-state index in [4.69, 9.17) is 15.6 Å². The van der Waals surface area contributed by atoms with Crippen molar-refractivity contribution in [1.82, 2.24) is 5.32 Å². The molecule has 1 amide bonds. The molecular weight excluding hydrogens is 568 g/mol. The number of allylic oxidation sites excluding steroid dienone is 2. The summed E-state index contributed by atoms with van der Waals surface area (Å²) >= 11 is 0. The topological polar surface area (TPSA) is 200 Å². The molecule has 2 aliphatic heterocycles. The van der Waals surface area contributed by atoms with Crippen LogP contribution in [0.4, 0.5) is 17.1 Å². The lowest BCUT2D eigenvalue weighted by atomic mass is 9.71. The highest BCUT2D eigenvalue weighted by Gasteiger charge is 2.42. The van der Waals surface area contributed by atoms with Gasteiger partial charge in [0.2, 0.25) is 11.4 Å². The van der Waals surface area contributed by atoms with Gasteiger partial charge in [-0.3, -0.25) is 14.1 Å². The first-order valence-corrected chi connectivity index (χ1v) is 14.5. The molecule has 2 aromatic rings. The van der Waals surface area contributed by atoms with Crippen LogP contribution in [-0.4, -0.2) is 79.4 Å². The van der Waals surface area contributed by atoms with Crippen molar-refractivity contribution in [3.63, 3.8) is 0 Å². The van der Waals surface area contributed by atoms with Crippen LogP contribution in [0.1, 0.15) is 18.9 Å². The van der Waals surface area contributed by atoms with Crippen molar-refractivity contribution in [1.29, 1.82) is 0 Å². The second kappa shape index (κ2) is 12.2. The molecule has 2 saturated heterocycles. The van der Waals surface area contributed by atoms with Crippen LogP contribution in [0.3, 0.4) is 0 Å². The average molecular weight is 601 g/mol. The molecule has 5 rings (SSSR count). The molecule has 2 heterocycles. The van der Waals surface area contributed by atoms with Gasteiger partial charge in [0.15, 0.2) is 0 Å². The van der Waals surface area contributed by atoms with Crippen molar-refractivity contribution >= 4 is 45.0 Å². The van der Waals surface area contributed by atoms with Gasteiger partial charge in [0.25, 0.3) is 0 Å². The number of hydrogen-bond donors (Lipinski definition) is 5. The number of morpholine rings is 1. The minimum absolute atomic E-state index is 0.0844. The number of anilines is 3. The Hall–Kier alpha value is -4.40. The third-order valence-electron chi connectivity index (χ3n) is 7.15. The second-order valence-corrected chi connectivity index (χ2v) is 11.6. The summed E-state index contributed by atoms with van der Waals surface area (Å²) in [5.41, 5.74) is 6.13. The minimum Gasteiger partial charge on any atom is -0.480 e. The van der Waals surface area contributed by atoms with Gasteiger partial charge in [-0.2, -0.15) is 8.42 Å². The zero-order valence-electron chi connectivity index (χ0n) is 22.8. The Morgan fingerprint density at radius 3 is 2.17 bits per heavy atom. The Morgan fingerprint density at radius 2 is 1.62 bits per heavy atom. The summed E-state index contributed by atoms with van der Waals surface area (Å²) in [6.45, 7) is 4.54. The number of hydrogen-bond acceptors (Lipinski definition) is 9. The maximum atomic E-state index is 11.8. The smallest absolute Gasteiger partial charge is 0.331 e. The van der Waals surface area contributed by atoms with Gasteiger partial charge in [0.05, 0.1) is 19.8 Å². The number of carbonyl (C=O) groups excluding carboxylic acids is 1. The highest BCUT2D eigenvalue weighted by Crippen LogP contribution is 2.38. The number of aliphatic carboxylic acids is 2. The highest BCUT2D eigenvalue weighted by atomic mass is 32.2. The van der Waals surface area contributed by atoms with E-state index in [9.17, 15) is 32.5 Å². The van der Waals surface area contributed by atoms with Crippen LogP contribution < -0.4 is 20.9 Å². The van der Waals surface area contributed by atoms with E-state index >= 15 is 0 Å². The van der Waals surface area contributed by atoms with E-state index in [2.05, 4.69) is 10.2 Å². The summed E-state index contributed by atoms with van der Waals surface area (Å²) < 4.78 is 37.2. The third kappa shape index (κ3) is 6.73. The van der Waals surface area contributed by atoms with Crippen molar-refractivity contribution < 1.29 is 42.3 Å². The van der Waals surface area contributed by atoms with Gasteiger partial charge >= 0.3 is 22.1 Å². The molecule has 1 aliphatic carbocycles. The van der Waals surface area contributed by atoms with Crippen molar-refractivity contribution in [2.75, 3.05) is 48.4 Å². The Bertz CT molecular complexity index is 1520. The number of benzene rings is 2. The van der Waals surface area contributed by atoms with E-state index in [0.717, 1.165) is 18.8 Å². The number of ether oxygens (including phenoxy) is 1. The monoisotopic (exact) mass is 600 g/mol. The molecule has 14 heteroatoms. The first kappa shape index (κ1) is 30.6. The highest BCUT2D eigenvalue weighted by molar-refractivity contribution is 7.86. The van der Waals surface area contributed by atoms with Crippen LogP contribution in [-0.2, 0) is 34.7 Å². The molecule has 224 valence electrons. The SMILES string of the molecule is CC1=CC(C(=O)O)(c2ccc(N)cc2)CC(C(=O)O)=C1.O=C1CN(c2ccc(N3CCOCC3)cc2)C(S(=O)(=O)O)N1. The van der Waals surface area contributed by atoms with Crippen molar-refractivity contribution in [3.05, 3.63) is 77.4 Å². The van der Waals surface area contributed by atoms with Crippen LogP contribution in [0.25, 0.3) is 0 Å². The van der Waals surface area contributed by atoms with Crippen LogP contribution in [0.2, 0.25) is 0 Å². The molecule has 2 unspecified atom stereocenters. The van der Waals surface area contributed by atoms with E-state index in [0.29, 0.717) is 35.7 Å². The Kier molecular flexibility index (Phi) is 8.89. The number of rotatable bonds is 6. The quantitative estimate of drug-likeness (QED) is 0.237. The molecule has 3 aliphatic rings. The summed E-state index contributed by atoms with van der Waals surface area (Å²) in [5.74, 6) is -2.62.